The summed E-state index contributed by atoms with van der Waals surface area (Å²) in [6.45, 7) is 0.341. The normalized spacial score (nSPS) is 10.7. The fraction of sp³-hybridized carbons (Fsp3) is 0.133. The Morgan fingerprint density at radius 1 is 1.20 bits per heavy atom. The summed E-state index contributed by atoms with van der Waals surface area (Å²) >= 11 is 1.61. The van der Waals surface area contributed by atoms with E-state index in [1.165, 1.54) is 0 Å². The molecule has 0 bridgehead atoms. The van der Waals surface area contributed by atoms with E-state index >= 15 is 0 Å². The van der Waals surface area contributed by atoms with Crippen LogP contribution in [0.4, 0.5) is 0 Å². The molecule has 5 heteroatoms. The smallest absolute Gasteiger partial charge is 0.177 e. The lowest BCUT2D eigenvalue weighted by molar-refractivity contribution is 0.275. The van der Waals surface area contributed by atoms with E-state index in [1.807, 2.05) is 41.8 Å². The van der Waals surface area contributed by atoms with Gasteiger partial charge in [0, 0.05) is 6.07 Å². The molecule has 0 aliphatic heterocycles. The number of thiophene rings is 1. The molecule has 1 N–H and O–H groups in total. The van der Waals surface area contributed by atoms with E-state index in [2.05, 4.69) is 5.16 Å². The lowest BCUT2D eigenvalue weighted by Crippen LogP contribution is -1.96. The van der Waals surface area contributed by atoms with E-state index in [4.69, 9.17) is 14.4 Å². The molecule has 0 unspecified atom stereocenters. The Bertz CT molecular complexity index is 676. The van der Waals surface area contributed by atoms with E-state index in [0.717, 1.165) is 21.9 Å². The van der Waals surface area contributed by atoms with Gasteiger partial charge in [-0.05, 0) is 29.1 Å². The zero-order chi connectivity index (χ0) is 13.8. The minimum Gasteiger partial charge on any atom is -0.487 e. The number of aliphatic hydroxyl groups is 1. The van der Waals surface area contributed by atoms with Crippen molar-refractivity contribution in [1.82, 2.24) is 5.16 Å². The summed E-state index contributed by atoms with van der Waals surface area (Å²) in [5, 5.41) is 15.1. The lowest BCUT2D eigenvalue weighted by atomic mass is 10.2. The minimum atomic E-state index is 0.00366. The second-order valence-corrected chi connectivity index (χ2v) is 5.20. The molecule has 0 fully saturated rings. The monoisotopic (exact) mass is 287 g/mol. The van der Waals surface area contributed by atoms with Gasteiger partial charge in [-0.1, -0.05) is 23.4 Å². The van der Waals surface area contributed by atoms with Gasteiger partial charge in [0.25, 0.3) is 0 Å². The third-order valence-electron chi connectivity index (χ3n) is 2.79. The third-order valence-corrected chi connectivity index (χ3v) is 3.68. The molecule has 1 aromatic carbocycles. The van der Waals surface area contributed by atoms with Crippen molar-refractivity contribution in [1.29, 1.82) is 0 Å². The van der Waals surface area contributed by atoms with E-state index in [0.29, 0.717) is 12.4 Å². The van der Waals surface area contributed by atoms with Gasteiger partial charge in [-0.15, -0.1) is 11.3 Å². The molecule has 3 rings (SSSR count). The molecule has 2 aromatic heterocycles. The zero-order valence-electron chi connectivity index (χ0n) is 10.7. The van der Waals surface area contributed by atoms with Crippen LogP contribution in [0.1, 0.15) is 11.3 Å². The maximum Gasteiger partial charge on any atom is 0.177 e. The van der Waals surface area contributed by atoms with Gasteiger partial charge in [-0.2, -0.15) is 0 Å². The van der Waals surface area contributed by atoms with Crippen molar-refractivity contribution in [2.45, 2.75) is 13.2 Å². The summed E-state index contributed by atoms with van der Waals surface area (Å²) in [6.07, 6.45) is 0. The van der Waals surface area contributed by atoms with Crippen molar-refractivity contribution in [2.75, 3.05) is 0 Å². The van der Waals surface area contributed by atoms with Gasteiger partial charge in [-0.3, -0.25) is 0 Å². The standard InChI is InChI=1S/C15H13NO3S/c17-9-11-3-1-4-13(7-11)18-10-12-8-14(19-16-12)15-5-2-6-20-15/h1-8,17H,9-10H2. The quantitative estimate of drug-likeness (QED) is 0.780. The van der Waals surface area contributed by atoms with Crippen LogP contribution in [-0.4, -0.2) is 10.3 Å². The average Bonchev–Trinajstić information content (AvgIpc) is 3.16. The Morgan fingerprint density at radius 2 is 2.15 bits per heavy atom. The molecule has 4 nitrogen and oxygen atoms in total. The summed E-state index contributed by atoms with van der Waals surface area (Å²) in [5.41, 5.74) is 1.56. The van der Waals surface area contributed by atoms with Crippen LogP contribution in [0.3, 0.4) is 0 Å². The number of hydrogen-bond donors (Lipinski definition) is 1. The van der Waals surface area contributed by atoms with Gasteiger partial charge in [0.1, 0.15) is 18.1 Å². The molecule has 2 heterocycles. The first-order chi connectivity index (χ1) is 9.85. The van der Waals surface area contributed by atoms with Gasteiger partial charge in [0.2, 0.25) is 0 Å². The van der Waals surface area contributed by atoms with Crippen LogP contribution in [0, 0.1) is 0 Å². The maximum absolute atomic E-state index is 9.07. The molecule has 102 valence electrons. The number of aromatic nitrogens is 1. The highest BCUT2D eigenvalue weighted by Gasteiger charge is 2.08. The summed E-state index contributed by atoms with van der Waals surface area (Å²) in [7, 11) is 0. The number of aliphatic hydroxyl groups excluding tert-OH is 1. The number of benzene rings is 1. The van der Waals surface area contributed by atoms with Crippen LogP contribution >= 0.6 is 11.3 Å². The first-order valence-corrected chi connectivity index (χ1v) is 7.05. The van der Waals surface area contributed by atoms with Crippen molar-refractivity contribution >= 4 is 11.3 Å². The molecule has 0 amide bonds. The SMILES string of the molecule is OCc1cccc(OCc2cc(-c3cccs3)on2)c1. The second kappa shape index (κ2) is 5.90. The van der Waals surface area contributed by atoms with Crippen molar-refractivity contribution in [3.63, 3.8) is 0 Å². The van der Waals surface area contributed by atoms with Crippen LogP contribution in [0.15, 0.2) is 52.4 Å². The van der Waals surface area contributed by atoms with Gasteiger partial charge < -0.3 is 14.4 Å². The number of ether oxygens (including phenoxy) is 1. The van der Waals surface area contributed by atoms with Gasteiger partial charge in [-0.25, -0.2) is 0 Å². The first kappa shape index (κ1) is 12.9. The van der Waals surface area contributed by atoms with Crippen LogP contribution < -0.4 is 4.74 Å². The van der Waals surface area contributed by atoms with Crippen molar-refractivity contribution < 1.29 is 14.4 Å². The maximum atomic E-state index is 9.07. The Morgan fingerprint density at radius 3 is 2.95 bits per heavy atom. The molecular formula is C15H13NO3S. The van der Waals surface area contributed by atoms with E-state index < -0.39 is 0 Å². The second-order valence-electron chi connectivity index (χ2n) is 4.25. The van der Waals surface area contributed by atoms with Gasteiger partial charge in [0.05, 0.1) is 11.5 Å². The van der Waals surface area contributed by atoms with Gasteiger partial charge >= 0.3 is 0 Å². The molecule has 0 spiro atoms. The summed E-state index contributed by atoms with van der Waals surface area (Å²) in [6, 6.07) is 13.2. The Kier molecular flexibility index (Phi) is 3.80. The summed E-state index contributed by atoms with van der Waals surface area (Å²) < 4.78 is 10.9. The minimum absolute atomic E-state index is 0.00366. The molecule has 0 aliphatic carbocycles. The van der Waals surface area contributed by atoms with E-state index in [-0.39, 0.29) is 6.61 Å². The number of hydrogen-bond acceptors (Lipinski definition) is 5. The summed E-state index contributed by atoms with van der Waals surface area (Å²) in [5.74, 6) is 1.46. The van der Waals surface area contributed by atoms with E-state index in [9.17, 15) is 0 Å². The molecule has 0 saturated heterocycles. The Hall–Kier alpha value is -2.11. The Balaban J connectivity index is 1.66. The first-order valence-electron chi connectivity index (χ1n) is 6.17. The van der Waals surface area contributed by atoms with Crippen LogP contribution in [0.2, 0.25) is 0 Å². The highest BCUT2D eigenvalue weighted by molar-refractivity contribution is 7.13. The van der Waals surface area contributed by atoms with Gasteiger partial charge in [0.15, 0.2) is 5.76 Å². The largest absolute Gasteiger partial charge is 0.487 e. The zero-order valence-corrected chi connectivity index (χ0v) is 11.5. The number of rotatable bonds is 5. The van der Waals surface area contributed by atoms with E-state index in [1.54, 1.807) is 17.4 Å². The highest BCUT2D eigenvalue weighted by atomic mass is 32.1. The molecule has 20 heavy (non-hydrogen) atoms. The van der Waals surface area contributed by atoms with Crippen molar-refractivity contribution in [3.8, 4) is 16.4 Å². The third kappa shape index (κ3) is 2.89. The van der Waals surface area contributed by atoms with Crippen LogP contribution in [0.5, 0.6) is 5.75 Å². The summed E-state index contributed by atoms with van der Waals surface area (Å²) in [4.78, 5) is 1.05. The van der Waals surface area contributed by atoms with Crippen molar-refractivity contribution in [3.05, 3.63) is 59.1 Å². The molecule has 0 aliphatic rings. The predicted molar refractivity (Wildman–Crippen MR) is 76.5 cm³/mol. The van der Waals surface area contributed by atoms with Crippen LogP contribution in [0.25, 0.3) is 10.6 Å². The molecule has 0 atom stereocenters. The Labute approximate surface area is 120 Å². The molecule has 3 aromatic rings. The molecular weight excluding hydrogens is 274 g/mol. The van der Waals surface area contributed by atoms with Crippen molar-refractivity contribution in [2.24, 2.45) is 0 Å². The fourth-order valence-corrected chi connectivity index (χ4v) is 2.48. The fourth-order valence-electron chi connectivity index (χ4n) is 1.81. The lowest BCUT2D eigenvalue weighted by Gasteiger charge is -2.04. The van der Waals surface area contributed by atoms with Crippen LogP contribution in [-0.2, 0) is 13.2 Å². The molecule has 0 radical (unpaired) electrons. The topological polar surface area (TPSA) is 55.5 Å². The average molecular weight is 287 g/mol. The number of nitrogens with zero attached hydrogens (tertiary/aromatic N) is 1. The highest BCUT2D eigenvalue weighted by Crippen LogP contribution is 2.25. The predicted octanol–water partition coefficient (Wildman–Crippen LogP) is 3.47. The molecule has 0 saturated carbocycles.